The van der Waals surface area contributed by atoms with Crippen LogP contribution in [0.1, 0.15) is 16.9 Å². The summed E-state index contributed by atoms with van der Waals surface area (Å²) in [6.45, 7) is 2.07. The smallest absolute Gasteiger partial charge is 0.227 e. The number of thiazole rings is 1. The maximum absolute atomic E-state index is 12.0. The average molecular weight is 388 g/mol. The second kappa shape index (κ2) is 9.34. The first-order valence-corrected chi connectivity index (χ1v) is 8.69. The Morgan fingerprint density at radius 2 is 2.29 bits per heavy atom. The summed E-state index contributed by atoms with van der Waals surface area (Å²) in [6.07, 6.45) is 2.89. The Balaban J connectivity index is 0.00000208. The molecule has 24 heavy (non-hydrogen) atoms. The predicted octanol–water partition coefficient (Wildman–Crippen LogP) is 3.13. The minimum atomic E-state index is -0.0494. The van der Waals surface area contributed by atoms with Crippen LogP contribution < -0.4 is 10.6 Å². The molecule has 0 saturated carbocycles. The van der Waals surface area contributed by atoms with Crippen molar-refractivity contribution >= 4 is 46.4 Å². The molecule has 8 heteroatoms. The van der Waals surface area contributed by atoms with Crippen LogP contribution in [-0.2, 0) is 16.0 Å². The molecule has 1 amide bonds. The number of anilines is 1. The zero-order valence-electron chi connectivity index (χ0n) is 13.0. The second-order valence-corrected chi connectivity index (χ2v) is 6.90. The molecule has 0 aliphatic carbocycles. The van der Waals surface area contributed by atoms with Crippen LogP contribution in [0.25, 0.3) is 0 Å². The first-order valence-electron chi connectivity index (χ1n) is 7.50. The van der Waals surface area contributed by atoms with Crippen molar-refractivity contribution < 1.29 is 9.53 Å². The van der Waals surface area contributed by atoms with Crippen molar-refractivity contribution in [2.24, 2.45) is 0 Å². The summed E-state index contributed by atoms with van der Waals surface area (Å²) in [6, 6.07) is 7.82. The van der Waals surface area contributed by atoms with E-state index in [1.165, 1.54) is 11.3 Å². The summed E-state index contributed by atoms with van der Waals surface area (Å²) in [4.78, 5) is 17.4. The number of nitrogens with zero attached hydrogens (tertiary/aromatic N) is 1. The van der Waals surface area contributed by atoms with E-state index in [2.05, 4.69) is 15.6 Å². The monoisotopic (exact) mass is 387 g/mol. The largest absolute Gasteiger partial charge is 0.378 e. The van der Waals surface area contributed by atoms with Crippen LogP contribution in [-0.4, -0.2) is 36.7 Å². The molecule has 2 aromatic rings. The van der Waals surface area contributed by atoms with E-state index in [1.54, 1.807) is 6.20 Å². The predicted molar refractivity (Wildman–Crippen MR) is 99.5 cm³/mol. The van der Waals surface area contributed by atoms with Crippen LogP contribution in [0, 0.1) is 0 Å². The number of carbonyl (C=O) groups is 1. The molecular weight excluding hydrogens is 369 g/mol. The minimum Gasteiger partial charge on any atom is -0.378 e. The number of amides is 1. The highest BCUT2D eigenvalue weighted by Crippen LogP contribution is 2.24. The van der Waals surface area contributed by atoms with Gasteiger partial charge in [0.05, 0.1) is 13.2 Å². The molecule has 0 radical (unpaired) electrons. The number of nitrogens with one attached hydrogen (secondary N) is 2. The van der Waals surface area contributed by atoms with E-state index in [-0.39, 0.29) is 24.4 Å². The fourth-order valence-electron chi connectivity index (χ4n) is 2.42. The lowest BCUT2D eigenvalue weighted by Gasteiger charge is -2.22. The normalized spacial score (nSPS) is 17.1. The average Bonchev–Trinajstić information content (AvgIpc) is 2.97. The summed E-state index contributed by atoms with van der Waals surface area (Å²) >= 11 is 7.64. The van der Waals surface area contributed by atoms with E-state index in [9.17, 15) is 4.79 Å². The van der Waals surface area contributed by atoms with Crippen LogP contribution in [0.3, 0.4) is 0 Å². The lowest BCUT2D eigenvalue weighted by molar-refractivity contribution is -0.117. The Hall–Kier alpha value is -1.18. The van der Waals surface area contributed by atoms with E-state index in [0.717, 1.165) is 22.0 Å². The molecule has 1 fully saturated rings. The van der Waals surface area contributed by atoms with Gasteiger partial charge in [0.2, 0.25) is 5.91 Å². The maximum Gasteiger partial charge on any atom is 0.227 e. The number of benzene rings is 1. The number of hydrogen-bond acceptors (Lipinski definition) is 5. The zero-order valence-corrected chi connectivity index (χ0v) is 15.3. The third-order valence-corrected chi connectivity index (χ3v) is 4.83. The second-order valence-electron chi connectivity index (χ2n) is 5.38. The summed E-state index contributed by atoms with van der Waals surface area (Å²) in [5.41, 5.74) is 1.05. The summed E-state index contributed by atoms with van der Waals surface area (Å²) in [5, 5.41) is 7.48. The number of halogens is 2. The maximum atomic E-state index is 12.0. The van der Waals surface area contributed by atoms with Gasteiger partial charge in [0.25, 0.3) is 0 Å². The van der Waals surface area contributed by atoms with Crippen LogP contribution in [0.2, 0.25) is 5.02 Å². The van der Waals surface area contributed by atoms with Crippen molar-refractivity contribution in [3.63, 3.8) is 0 Å². The highest BCUT2D eigenvalue weighted by Gasteiger charge is 2.17. The molecule has 1 aliphatic rings. The Morgan fingerprint density at radius 1 is 1.46 bits per heavy atom. The quantitative estimate of drug-likeness (QED) is 0.826. The van der Waals surface area contributed by atoms with Crippen LogP contribution >= 0.6 is 35.3 Å². The van der Waals surface area contributed by atoms with E-state index >= 15 is 0 Å². The first kappa shape index (κ1) is 19.1. The highest BCUT2D eigenvalue weighted by atomic mass is 35.5. The lowest BCUT2D eigenvalue weighted by atomic mass is 10.1. The number of aromatic nitrogens is 1. The van der Waals surface area contributed by atoms with Gasteiger partial charge in [-0.05, 0) is 11.6 Å². The van der Waals surface area contributed by atoms with Crippen LogP contribution in [0.15, 0.2) is 30.5 Å². The van der Waals surface area contributed by atoms with Crippen molar-refractivity contribution in [3.05, 3.63) is 45.9 Å². The number of rotatable bonds is 5. The SMILES string of the molecule is Cl.O=C(CC1COCCN1)Nc1ncc(Cc2ccccc2Cl)s1. The molecule has 2 N–H and O–H groups in total. The number of carbonyl (C=O) groups excluding carboxylic acids is 1. The third kappa shape index (κ3) is 5.43. The van der Waals surface area contributed by atoms with E-state index in [1.807, 2.05) is 24.3 Å². The van der Waals surface area contributed by atoms with Gasteiger partial charge in [0.15, 0.2) is 5.13 Å². The Bertz CT molecular complexity index is 675. The molecule has 1 aliphatic heterocycles. The van der Waals surface area contributed by atoms with Crippen molar-refractivity contribution in [2.75, 3.05) is 25.1 Å². The van der Waals surface area contributed by atoms with Crippen molar-refractivity contribution in [3.8, 4) is 0 Å². The van der Waals surface area contributed by atoms with Gasteiger partial charge in [0.1, 0.15) is 0 Å². The van der Waals surface area contributed by atoms with Gasteiger partial charge in [-0.15, -0.1) is 23.7 Å². The van der Waals surface area contributed by atoms with Gasteiger partial charge in [0, 0.05) is 41.5 Å². The van der Waals surface area contributed by atoms with Gasteiger partial charge in [-0.3, -0.25) is 4.79 Å². The molecule has 3 rings (SSSR count). The topological polar surface area (TPSA) is 63.2 Å². The summed E-state index contributed by atoms with van der Waals surface area (Å²) < 4.78 is 5.35. The fourth-order valence-corrected chi connectivity index (χ4v) is 3.48. The summed E-state index contributed by atoms with van der Waals surface area (Å²) in [5.74, 6) is -0.0494. The molecule has 1 unspecified atom stereocenters. The molecule has 130 valence electrons. The van der Waals surface area contributed by atoms with Gasteiger partial charge < -0.3 is 15.4 Å². The number of morpholine rings is 1. The van der Waals surface area contributed by atoms with Crippen molar-refractivity contribution in [1.29, 1.82) is 0 Å². The van der Waals surface area contributed by atoms with Gasteiger partial charge in [-0.25, -0.2) is 4.98 Å². The first-order chi connectivity index (χ1) is 11.2. The molecule has 0 spiro atoms. The summed E-state index contributed by atoms with van der Waals surface area (Å²) in [7, 11) is 0. The van der Waals surface area contributed by atoms with Crippen LogP contribution in [0.5, 0.6) is 0 Å². The molecule has 5 nitrogen and oxygen atoms in total. The van der Waals surface area contributed by atoms with Gasteiger partial charge >= 0.3 is 0 Å². The molecule has 2 heterocycles. The van der Waals surface area contributed by atoms with Gasteiger partial charge in [-0.1, -0.05) is 29.8 Å². The zero-order chi connectivity index (χ0) is 16.1. The molecule has 1 aromatic heterocycles. The molecule has 1 aromatic carbocycles. The van der Waals surface area contributed by atoms with E-state index in [0.29, 0.717) is 31.2 Å². The highest BCUT2D eigenvalue weighted by molar-refractivity contribution is 7.15. The minimum absolute atomic E-state index is 0. The Labute approximate surface area is 156 Å². The Kier molecular flexibility index (Phi) is 7.45. The Morgan fingerprint density at radius 3 is 3.04 bits per heavy atom. The third-order valence-electron chi connectivity index (χ3n) is 3.55. The van der Waals surface area contributed by atoms with E-state index in [4.69, 9.17) is 16.3 Å². The molecular formula is C16H19Cl2N3O2S. The lowest BCUT2D eigenvalue weighted by Crippen LogP contribution is -2.43. The number of hydrogen-bond donors (Lipinski definition) is 2. The molecule has 0 bridgehead atoms. The van der Waals surface area contributed by atoms with Gasteiger partial charge in [-0.2, -0.15) is 0 Å². The van der Waals surface area contributed by atoms with Crippen LogP contribution in [0.4, 0.5) is 5.13 Å². The van der Waals surface area contributed by atoms with Crippen molar-refractivity contribution in [1.82, 2.24) is 10.3 Å². The number of ether oxygens (including phenoxy) is 1. The standard InChI is InChI=1S/C16H18ClN3O2S.ClH/c17-14-4-2-1-3-11(14)7-13-9-19-16(23-13)20-15(21)8-12-10-22-6-5-18-12;/h1-4,9,12,18H,5-8,10H2,(H,19,20,21);1H. The van der Waals surface area contributed by atoms with E-state index < -0.39 is 0 Å². The molecule has 1 saturated heterocycles. The van der Waals surface area contributed by atoms with Crippen molar-refractivity contribution in [2.45, 2.75) is 18.9 Å². The fraction of sp³-hybridized carbons (Fsp3) is 0.375. The molecule has 1 atom stereocenters.